The fraction of sp³-hybridized carbons (Fsp3) is 0.286. The molecule has 2 aromatic rings. The number of benzene rings is 1. The average molecular weight is 323 g/mol. The molecule has 0 bridgehead atoms. The van der Waals surface area contributed by atoms with Gasteiger partial charge in [-0.2, -0.15) is 5.10 Å². The Morgan fingerprint density at radius 1 is 1.47 bits per heavy atom. The number of hydrogen-bond acceptors (Lipinski definition) is 3. The number of rotatable bonds is 5. The van der Waals surface area contributed by atoms with E-state index < -0.39 is 0 Å². The molecule has 0 N–H and O–H groups in total. The molecule has 0 radical (unpaired) electrons. The molecule has 0 fully saturated rings. The number of ketones is 1. The molecule has 0 saturated heterocycles. The Labute approximate surface area is 120 Å². The summed E-state index contributed by atoms with van der Waals surface area (Å²) in [5.41, 5.74) is 1.16. The second kappa shape index (κ2) is 6.02. The SMILES string of the molecule is CCCn1cc(C(=O)c2cc(OC)ccc2Br)cn1. The maximum absolute atomic E-state index is 12.4. The summed E-state index contributed by atoms with van der Waals surface area (Å²) >= 11 is 3.39. The van der Waals surface area contributed by atoms with Gasteiger partial charge in [-0.15, -0.1) is 0 Å². The van der Waals surface area contributed by atoms with Gasteiger partial charge in [-0.05, 0) is 24.6 Å². The molecule has 1 aromatic heterocycles. The van der Waals surface area contributed by atoms with E-state index in [0.717, 1.165) is 17.4 Å². The molecule has 0 unspecified atom stereocenters. The summed E-state index contributed by atoms with van der Waals surface area (Å²) in [5, 5.41) is 4.17. The van der Waals surface area contributed by atoms with Crippen LogP contribution < -0.4 is 4.74 Å². The summed E-state index contributed by atoms with van der Waals surface area (Å²) in [4.78, 5) is 12.4. The first kappa shape index (κ1) is 13.8. The van der Waals surface area contributed by atoms with Crippen molar-refractivity contribution in [2.24, 2.45) is 0 Å². The second-order valence-electron chi connectivity index (χ2n) is 4.17. The van der Waals surface area contributed by atoms with E-state index in [0.29, 0.717) is 16.9 Å². The highest BCUT2D eigenvalue weighted by Crippen LogP contribution is 2.24. The summed E-state index contributed by atoms with van der Waals surface area (Å²) in [6.45, 7) is 2.88. The Bertz CT molecular complexity index is 593. The van der Waals surface area contributed by atoms with Gasteiger partial charge in [0.05, 0.1) is 18.9 Å². The maximum atomic E-state index is 12.4. The van der Waals surface area contributed by atoms with Crippen molar-refractivity contribution >= 4 is 21.7 Å². The predicted molar refractivity (Wildman–Crippen MR) is 76.6 cm³/mol. The predicted octanol–water partition coefficient (Wildman–Crippen LogP) is 3.30. The third-order valence-electron chi connectivity index (χ3n) is 2.77. The van der Waals surface area contributed by atoms with E-state index in [1.54, 1.807) is 36.3 Å². The van der Waals surface area contributed by atoms with E-state index in [1.165, 1.54) is 0 Å². The van der Waals surface area contributed by atoms with E-state index in [1.807, 2.05) is 6.07 Å². The first-order valence-electron chi connectivity index (χ1n) is 6.06. The van der Waals surface area contributed by atoms with Crippen molar-refractivity contribution in [3.8, 4) is 5.75 Å². The van der Waals surface area contributed by atoms with Crippen LogP contribution in [0.25, 0.3) is 0 Å². The summed E-state index contributed by atoms with van der Waals surface area (Å²) in [6.07, 6.45) is 4.36. The van der Waals surface area contributed by atoms with Gasteiger partial charge in [0, 0.05) is 22.8 Å². The van der Waals surface area contributed by atoms with Gasteiger partial charge in [0.15, 0.2) is 5.78 Å². The lowest BCUT2D eigenvalue weighted by molar-refractivity contribution is 0.103. The van der Waals surface area contributed by atoms with E-state index in [-0.39, 0.29) is 5.78 Å². The largest absolute Gasteiger partial charge is 0.497 e. The number of carbonyl (C=O) groups is 1. The topological polar surface area (TPSA) is 44.1 Å². The van der Waals surface area contributed by atoms with Crippen LogP contribution in [0.4, 0.5) is 0 Å². The van der Waals surface area contributed by atoms with Crippen molar-refractivity contribution in [2.75, 3.05) is 7.11 Å². The first-order chi connectivity index (χ1) is 9.15. The number of hydrogen-bond donors (Lipinski definition) is 0. The Balaban J connectivity index is 2.32. The Morgan fingerprint density at radius 2 is 2.26 bits per heavy atom. The molecule has 2 rings (SSSR count). The summed E-state index contributed by atoms with van der Waals surface area (Å²) in [7, 11) is 1.58. The van der Waals surface area contributed by atoms with E-state index in [4.69, 9.17) is 4.74 Å². The fourth-order valence-corrected chi connectivity index (χ4v) is 2.22. The van der Waals surface area contributed by atoms with Gasteiger partial charge < -0.3 is 4.74 Å². The van der Waals surface area contributed by atoms with Crippen LogP contribution in [0.5, 0.6) is 5.75 Å². The summed E-state index contributed by atoms with van der Waals surface area (Å²) in [6, 6.07) is 5.34. The van der Waals surface area contributed by atoms with Crippen molar-refractivity contribution in [3.63, 3.8) is 0 Å². The Morgan fingerprint density at radius 3 is 2.95 bits per heavy atom. The van der Waals surface area contributed by atoms with Crippen molar-refractivity contribution in [1.29, 1.82) is 0 Å². The summed E-state index contributed by atoms with van der Waals surface area (Å²) < 4.78 is 7.68. The molecule has 0 aliphatic rings. The molecule has 4 nitrogen and oxygen atoms in total. The van der Waals surface area contributed by atoms with Crippen LogP contribution in [0.3, 0.4) is 0 Å². The normalized spacial score (nSPS) is 10.5. The first-order valence-corrected chi connectivity index (χ1v) is 6.85. The molecule has 0 saturated carbocycles. The van der Waals surface area contributed by atoms with Crippen LogP contribution in [0, 0.1) is 0 Å². The molecular weight excluding hydrogens is 308 g/mol. The van der Waals surface area contributed by atoms with Crippen LogP contribution >= 0.6 is 15.9 Å². The molecule has 0 spiro atoms. The van der Waals surface area contributed by atoms with Crippen molar-refractivity contribution < 1.29 is 9.53 Å². The molecule has 1 aromatic carbocycles. The monoisotopic (exact) mass is 322 g/mol. The average Bonchev–Trinajstić information content (AvgIpc) is 2.88. The molecule has 0 atom stereocenters. The number of aryl methyl sites for hydroxylation is 1. The number of aromatic nitrogens is 2. The Hall–Kier alpha value is -1.62. The molecule has 19 heavy (non-hydrogen) atoms. The molecule has 0 aliphatic carbocycles. The van der Waals surface area contributed by atoms with Crippen LogP contribution in [0.15, 0.2) is 35.1 Å². The minimum Gasteiger partial charge on any atom is -0.497 e. The van der Waals surface area contributed by atoms with Crippen LogP contribution in [0.2, 0.25) is 0 Å². The van der Waals surface area contributed by atoms with E-state index >= 15 is 0 Å². The van der Waals surface area contributed by atoms with Crippen molar-refractivity contribution in [2.45, 2.75) is 19.9 Å². The zero-order valence-electron chi connectivity index (χ0n) is 10.9. The van der Waals surface area contributed by atoms with Gasteiger partial charge in [0.25, 0.3) is 0 Å². The number of halogens is 1. The number of carbonyl (C=O) groups excluding carboxylic acids is 1. The molecule has 0 amide bonds. The number of ether oxygens (including phenoxy) is 1. The lowest BCUT2D eigenvalue weighted by atomic mass is 10.1. The lowest BCUT2D eigenvalue weighted by Crippen LogP contribution is -2.02. The molecule has 0 aliphatic heterocycles. The quantitative estimate of drug-likeness (QED) is 0.793. The lowest BCUT2D eigenvalue weighted by Gasteiger charge is -2.05. The highest BCUT2D eigenvalue weighted by molar-refractivity contribution is 9.10. The van der Waals surface area contributed by atoms with Gasteiger partial charge in [0.2, 0.25) is 0 Å². The smallest absolute Gasteiger partial charge is 0.197 e. The third kappa shape index (κ3) is 3.04. The highest BCUT2D eigenvalue weighted by Gasteiger charge is 2.15. The van der Waals surface area contributed by atoms with Gasteiger partial charge in [-0.3, -0.25) is 9.48 Å². The molecule has 5 heteroatoms. The van der Waals surface area contributed by atoms with Crippen molar-refractivity contribution in [1.82, 2.24) is 9.78 Å². The van der Waals surface area contributed by atoms with E-state index in [2.05, 4.69) is 28.0 Å². The zero-order chi connectivity index (χ0) is 13.8. The zero-order valence-corrected chi connectivity index (χ0v) is 12.5. The molecule has 1 heterocycles. The van der Waals surface area contributed by atoms with Gasteiger partial charge >= 0.3 is 0 Å². The minimum absolute atomic E-state index is 0.0619. The third-order valence-corrected chi connectivity index (χ3v) is 3.46. The van der Waals surface area contributed by atoms with Crippen LogP contribution in [0.1, 0.15) is 29.3 Å². The standard InChI is InChI=1S/C14H15BrN2O2/c1-3-6-17-9-10(8-16-17)14(18)12-7-11(19-2)4-5-13(12)15/h4-5,7-9H,3,6H2,1-2H3. The molecular formula is C14H15BrN2O2. The van der Waals surface area contributed by atoms with Crippen LogP contribution in [-0.4, -0.2) is 22.7 Å². The Kier molecular flexibility index (Phi) is 4.37. The van der Waals surface area contributed by atoms with Gasteiger partial charge in [-0.1, -0.05) is 22.9 Å². The minimum atomic E-state index is -0.0619. The highest BCUT2D eigenvalue weighted by atomic mass is 79.9. The van der Waals surface area contributed by atoms with E-state index in [9.17, 15) is 4.79 Å². The van der Waals surface area contributed by atoms with Crippen LogP contribution in [-0.2, 0) is 6.54 Å². The maximum Gasteiger partial charge on any atom is 0.197 e. The summed E-state index contributed by atoms with van der Waals surface area (Å²) in [5.74, 6) is 0.598. The number of nitrogens with zero attached hydrogens (tertiary/aromatic N) is 2. The van der Waals surface area contributed by atoms with Gasteiger partial charge in [0.1, 0.15) is 5.75 Å². The fourth-order valence-electron chi connectivity index (χ4n) is 1.79. The van der Waals surface area contributed by atoms with Gasteiger partial charge in [-0.25, -0.2) is 0 Å². The van der Waals surface area contributed by atoms with Crippen molar-refractivity contribution in [3.05, 3.63) is 46.2 Å². The number of methoxy groups -OCH3 is 1. The molecule has 100 valence electrons. The second-order valence-corrected chi connectivity index (χ2v) is 5.02.